The van der Waals surface area contributed by atoms with E-state index in [4.69, 9.17) is 5.26 Å². The van der Waals surface area contributed by atoms with Crippen LogP contribution in [0, 0.1) is 25.2 Å². The number of thiazole rings is 1. The van der Waals surface area contributed by atoms with Crippen LogP contribution < -0.4 is 5.32 Å². The summed E-state index contributed by atoms with van der Waals surface area (Å²) in [6.07, 6.45) is 0. The van der Waals surface area contributed by atoms with Crippen molar-refractivity contribution >= 4 is 11.3 Å². The van der Waals surface area contributed by atoms with E-state index in [2.05, 4.69) is 23.3 Å². The minimum absolute atomic E-state index is 0.119. The molecule has 0 aliphatic carbocycles. The van der Waals surface area contributed by atoms with Crippen LogP contribution in [0.5, 0.6) is 0 Å². The molecule has 3 nitrogen and oxygen atoms in total. The summed E-state index contributed by atoms with van der Waals surface area (Å²) >= 11 is 1.69. The van der Waals surface area contributed by atoms with Crippen LogP contribution in [-0.2, 0) is 0 Å². The van der Waals surface area contributed by atoms with Gasteiger partial charge in [0.1, 0.15) is 0 Å². The molecule has 1 aromatic heterocycles. The van der Waals surface area contributed by atoms with Crippen molar-refractivity contribution in [3.05, 3.63) is 15.6 Å². The largest absolute Gasteiger partial charge is 0.295 e. The van der Waals surface area contributed by atoms with Crippen LogP contribution in [-0.4, -0.2) is 11.0 Å². The Morgan fingerprint density at radius 1 is 1.43 bits per heavy atom. The maximum atomic E-state index is 8.68. The molecule has 0 radical (unpaired) electrons. The van der Waals surface area contributed by atoms with Gasteiger partial charge >= 0.3 is 0 Å². The molecule has 4 heteroatoms. The average Bonchev–Trinajstić information content (AvgIpc) is 2.45. The molecule has 1 N–H and O–H groups in total. The Hall–Kier alpha value is -0.920. The van der Waals surface area contributed by atoms with Gasteiger partial charge < -0.3 is 0 Å². The fourth-order valence-electron chi connectivity index (χ4n) is 1.44. The van der Waals surface area contributed by atoms with Gasteiger partial charge in [-0.15, -0.1) is 11.3 Å². The van der Waals surface area contributed by atoms with E-state index in [1.807, 2.05) is 20.8 Å². The minimum atomic E-state index is -0.119. The van der Waals surface area contributed by atoms with Crippen LogP contribution in [0.3, 0.4) is 0 Å². The van der Waals surface area contributed by atoms with Gasteiger partial charge in [0.25, 0.3) is 0 Å². The molecule has 2 atom stereocenters. The summed E-state index contributed by atoms with van der Waals surface area (Å²) in [6.45, 7) is 7.93. The lowest BCUT2D eigenvalue weighted by Gasteiger charge is -2.13. The van der Waals surface area contributed by atoms with Crippen LogP contribution >= 0.6 is 11.3 Å². The van der Waals surface area contributed by atoms with Crippen molar-refractivity contribution in [1.82, 2.24) is 10.3 Å². The average molecular weight is 209 g/mol. The molecular weight excluding hydrogens is 194 g/mol. The summed E-state index contributed by atoms with van der Waals surface area (Å²) in [5.74, 6) is 0. The number of hydrogen-bond acceptors (Lipinski definition) is 4. The van der Waals surface area contributed by atoms with E-state index in [0.29, 0.717) is 0 Å². The Bertz CT molecular complexity index is 351. The molecule has 0 aliphatic heterocycles. The fourth-order valence-corrected chi connectivity index (χ4v) is 2.38. The third-order valence-corrected chi connectivity index (χ3v) is 3.28. The van der Waals surface area contributed by atoms with Crippen LogP contribution in [0.1, 0.15) is 35.5 Å². The number of aryl methyl sites for hydroxylation is 2. The lowest BCUT2D eigenvalue weighted by molar-refractivity contribution is 0.547. The van der Waals surface area contributed by atoms with E-state index in [1.54, 1.807) is 11.3 Å². The number of aromatic nitrogens is 1. The van der Waals surface area contributed by atoms with Gasteiger partial charge in [0.05, 0.1) is 22.8 Å². The summed E-state index contributed by atoms with van der Waals surface area (Å²) in [4.78, 5) is 5.59. The van der Waals surface area contributed by atoms with Gasteiger partial charge in [0.2, 0.25) is 0 Å². The molecule has 0 fully saturated rings. The quantitative estimate of drug-likeness (QED) is 0.831. The fraction of sp³-hybridized carbons (Fsp3) is 0.600. The molecule has 0 aromatic carbocycles. The monoisotopic (exact) mass is 209 g/mol. The van der Waals surface area contributed by atoms with Crippen LogP contribution in [0.2, 0.25) is 0 Å². The zero-order valence-corrected chi connectivity index (χ0v) is 9.77. The van der Waals surface area contributed by atoms with Crippen molar-refractivity contribution in [3.8, 4) is 6.07 Å². The van der Waals surface area contributed by atoms with Gasteiger partial charge in [-0.25, -0.2) is 4.98 Å². The zero-order valence-electron chi connectivity index (χ0n) is 8.96. The molecule has 1 heterocycles. The van der Waals surface area contributed by atoms with Crippen molar-refractivity contribution in [2.75, 3.05) is 0 Å². The third kappa shape index (κ3) is 2.53. The first-order valence-electron chi connectivity index (χ1n) is 4.64. The first kappa shape index (κ1) is 11.2. The number of hydrogen-bond donors (Lipinski definition) is 1. The maximum Gasteiger partial charge on any atom is 0.0929 e. The van der Waals surface area contributed by atoms with Gasteiger partial charge in [-0.2, -0.15) is 5.26 Å². The van der Waals surface area contributed by atoms with Crippen molar-refractivity contribution in [3.63, 3.8) is 0 Å². The Labute approximate surface area is 88.8 Å². The second-order valence-electron chi connectivity index (χ2n) is 3.42. The van der Waals surface area contributed by atoms with E-state index in [-0.39, 0.29) is 12.1 Å². The molecular formula is C10H15N3S. The molecule has 0 saturated heterocycles. The Balaban J connectivity index is 2.75. The molecule has 0 saturated carbocycles. The SMILES string of the molecule is Cc1nc(C)c(C(C)NC(C)C#N)s1. The second kappa shape index (κ2) is 4.54. The van der Waals surface area contributed by atoms with Crippen LogP contribution in [0.15, 0.2) is 0 Å². The van der Waals surface area contributed by atoms with Crippen LogP contribution in [0.25, 0.3) is 0 Å². The molecule has 1 rings (SSSR count). The van der Waals surface area contributed by atoms with Crippen molar-refractivity contribution in [1.29, 1.82) is 5.26 Å². The summed E-state index contributed by atoms with van der Waals surface area (Å²) in [7, 11) is 0. The molecule has 0 bridgehead atoms. The topological polar surface area (TPSA) is 48.7 Å². The normalized spacial score (nSPS) is 14.8. The molecule has 0 aliphatic rings. The highest BCUT2D eigenvalue weighted by molar-refractivity contribution is 7.11. The van der Waals surface area contributed by atoms with E-state index >= 15 is 0 Å². The molecule has 2 unspecified atom stereocenters. The Kier molecular flexibility index (Phi) is 3.62. The van der Waals surface area contributed by atoms with Gasteiger partial charge in [0.15, 0.2) is 0 Å². The highest BCUT2D eigenvalue weighted by atomic mass is 32.1. The van der Waals surface area contributed by atoms with E-state index in [0.717, 1.165) is 10.7 Å². The zero-order chi connectivity index (χ0) is 10.7. The van der Waals surface area contributed by atoms with Crippen molar-refractivity contribution in [2.45, 2.75) is 39.8 Å². The first-order chi connectivity index (χ1) is 6.54. The van der Waals surface area contributed by atoms with Gasteiger partial charge in [-0.1, -0.05) is 0 Å². The van der Waals surface area contributed by atoms with Gasteiger partial charge in [-0.05, 0) is 27.7 Å². The molecule has 0 amide bonds. The number of nitrogens with one attached hydrogen (secondary N) is 1. The minimum Gasteiger partial charge on any atom is -0.295 e. The second-order valence-corrected chi connectivity index (χ2v) is 4.66. The first-order valence-corrected chi connectivity index (χ1v) is 5.45. The maximum absolute atomic E-state index is 8.68. The summed E-state index contributed by atoms with van der Waals surface area (Å²) in [5, 5.41) is 13.0. The summed E-state index contributed by atoms with van der Waals surface area (Å²) in [5.41, 5.74) is 1.07. The predicted octanol–water partition coefficient (Wildman–Crippen LogP) is 2.32. The smallest absolute Gasteiger partial charge is 0.0929 e. The standard InChI is InChI=1S/C10H15N3S/c1-6(5-11)12-7(2)10-8(3)13-9(4)14-10/h6-7,12H,1-4H3. The lowest BCUT2D eigenvalue weighted by atomic mass is 10.2. The Morgan fingerprint density at radius 3 is 2.50 bits per heavy atom. The molecule has 14 heavy (non-hydrogen) atoms. The highest BCUT2D eigenvalue weighted by Crippen LogP contribution is 2.24. The van der Waals surface area contributed by atoms with Gasteiger partial charge in [-0.3, -0.25) is 5.32 Å². The van der Waals surface area contributed by atoms with Crippen molar-refractivity contribution < 1.29 is 0 Å². The summed E-state index contributed by atoms with van der Waals surface area (Å²) < 4.78 is 0. The molecule has 76 valence electrons. The molecule has 0 spiro atoms. The Morgan fingerprint density at radius 2 is 2.07 bits per heavy atom. The number of nitrogens with zero attached hydrogens (tertiary/aromatic N) is 2. The van der Waals surface area contributed by atoms with E-state index < -0.39 is 0 Å². The predicted molar refractivity (Wildman–Crippen MR) is 58.2 cm³/mol. The van der Waals surface area contributed by atoms with Crippen molar-refractivity contribution in [2.24, 2.45) is 0 Å². The lowest BCUT2D eigenvalue weighted by Crippen LogP contribution is -2.27. The van der Waals surface area contributed by atoms with E-state index in [1.165, 1.54) is 4.88 Å². The van der Waals surface area contributed by atoms with E-state index in [9.17, 15) is 0 Å². The summed E-state index contributed by atoms with van der Waals surface area (Å²) in [6, 6.07) is 2.25. The van der Waals surface area contributed by atoms with Crippen LogP contribution in [0.4, 0.5) is 0 Å². The van der Waals surface area contributed by atoms with Gasteiger partial charge in [0, 0.05) is 10.9 Å². The number of rotatable bonds is 3. The highest BCUT2D eigenvalue weighted by Gasteiger charge is 2.14. The number of nitriles is 1. The molecule has 1 aromatic rings. The third-order valence-electron chi connectivity index (χ3n) is 2.03.